The fourth-order valence-corrected chi connectivity index (χ4v) is 2.94. The molecule has 1 unspecified atom stereocenters. The van der Waals surface area contributed by atoms with Crippen LogP contribution in [0.5, 0.6) is 0 Å². The molecule has 2 aromatic rings. The summed E-state index contributed by atoms with van der Waals surface area (Å²) < 4.78 is 38.4. The van der Waals surface area contributed by atoms with E-state index >= 15 is 0 Å². The second kappa shape index (κ2) is 5.65. The molecule has 2 N–H and O–H groups in total. The molecule has 3 rings (SSSR count). The van der Waals surface area contributed by atoms with E-state index in [1.165, 1.54) is 12.1 Å². The number of rotatable bonds is 2. The Labute approximate surface area is 127 Å². The van der Waals surface area contributed by atoms with Gasteiger partial charge in [0.2, 0.25) is 0 Å². The topological polar surface area (TPSA) is 29.3 Å². The number of hydrogen-bond donors (Lipinski definition) is 1. The summed E-state index contributed by atoms with van der Waals surface area (Å²) in [7, 11) is 0. The van der Waals surface area contributed by atoms with Crippen molar-refractivity contribution in [1.29, 1.82) is 0 Å². The van der Waals surface area contributed by atoms with Gasteiger partial charge in [0.1, 0.15) is 0 Å². The van der Waals surface area contributed by atoms with Gasteiger partial charge < -0.3 is 10.6 Å². The lowest BCUT2D eigenvalue weighted by molar-refractivity contribution is -0.137. The molecule has 0 bridgehead atoms. The van der Waals surface area contributed by atoms with Gasteiger partial charge in [-0.1, -0.05) is 30.3 Å². The van der Waals surface area contributed by atoms with Crippen LogP contribution in [0.2, 0.25) is 0 Å². The predicted molar refractivity (Wildman–Crippen MR) is 80.6 cm³/mol. The van der Waals surface area contributed by atoms with Gasteiger partial charge >= 0.3 is 6.18 Å². The van der Waals surface area contributed by atoms with Crippen LogP contribution in [0.1, 0.15) is 16.7 Å². The lowest BCUT2D eigenvalue weighted by atomic mass is 9.97. The van der Waals surface area contributed by atoms with Gasteiger partial charge in [-0.15, -0.1) is 0 Å². The maximum Gasteiger partial charge on any atom is 0.416 e. The number of halogens is 3. The third-order valence-electron chi connectivity index (χ3n) is 3.90. The van der Waals surface area contributed by atoms with Crippen molar-refractivity contribution in [2.75, 3.05) is 11.4 Å². The van der Waals surface area contributed by atoms with Gasteiger partial charge in [0, 0.05) is 24.8 Å². The van der Waals surface area contributed by atoms with Crippen LogP contribution in [-0.2, 0) is 19.1 Å². The normalized spacial score (nSPS) is 18.2. The summed E-state index contributed by atoms with van der Waals surface area (Å²) in [5.74, 6) is 0. The molecule has 0 amide bonds. The minimum Gasteiger partial charge on any atom is -0.365 e. The van der Waals surface area contributed by atoms with Gasteiger partial charge in [0.15, 0.2) is 0 Å². The Kier molecular flexibility index (Phi) is 3.83. The first-order valence-electron chi connectivity index (χ1n) is 7.18. The maximum atomic E-state index is 12.8. The van der Waals surface area contributed by atoms with Crippen molar-refractivity contribution in [2.45, 2.75) is 25.2 Å². The summed E-state index contributed by atoms with van der Waals surface area (Å²) in [5.41, 5.74) is 8.30. The second-order valence-corrected chi connectivity index (χ2v) is 5.67. The average molecular weight is 306 g/mol. The Morgan fingerprint density at radius 3 is 2.64 bits per heavy atom. The van der Waals surface area contributed by atoms with Crippen LogP contribution in [0.25, 0.3) is 0 Å². The molecular formula is C17H17F3N2. The van der Waals surface area contributed by atoms with E-state index in [1.54, 1.807) is 6.07 Å². The molecule has 2 aromatic carbocycles. The molecule has 1 heterocycles. The van der Waals surface area contributed by atoms with Crippen molar-refractivity contribution in [2.24, 2.45) is 5.73 Å². The van der Waals surface area contributed by atoms with Crippen LogP contribution >= 0.6 is 0 Å². The summed E-state index contributed by atoms with van der Waals surface area (Å²) >= 11 is 0. The molecule has 0 fully saturated rings. The first-order chi connectivity index (χ1) is 10.4. The monoisotopic (exact) mass is 306 g/mol. The van der Waals surface area contributed by atoms with Crippen molar-refractivity contribution in [1.82, 2.24) is 0 Å². The number of alkyl halides is 3. The molecule has 22 heavy (non-hydrogen) atoms. The van der Waals surface area contributed by atoms with Gasteiger partial charge in [-0.2, -0.15) is 13.2 Å². The Hall–Kier alpha value is -2.01. The summed E-state index contributed by atoms with van der Waals surface area (Å²) in [5, 5.41) is 0. The number of nitrogens with zero attached hydrogens (tertiary/aromatic N) is 1. The molecule has 0 aliphatic carbocycles. The van der Waals surface area contributed by atoms with E-state index in [9.17, 15) is 13.2 Å². The van der Waals surface area contributed by atoms with Crippen LogP contribution in [0.15, 0.2) is 48.5 Å². The molecule has 1 aliphatic heterocycles. The minimum absolute atomic E-state index is 0.000647. The fourth-order valence-electron chi connectivity index (χ4n) is 2.94. The van der Waals surface area contributed by atoms with Gasteiger partial charge in [-0.3, -0.25) is 0 Å². The quantitative estimate of drug-likeness (QED) is 0.918. The number of nitrogens with two attached hydrogens (primary N) is 1. The molecule has 2 nitrogen and oxygen atoms in total. The van der Waals surface area contributed by atoms with Gasteiger partial charge in [0.05, 0.1) is 5.56 Å². The Morgan fingerprint density at radius 2 is 1.86 bits per heavy atom. The molecule has 1 atom stereocenters. The summed E-state index contributed by atoms with van der Waals surface area (Å²) in [6.07, 6.45) is -3.51. The molecule has 116 valence electrons. The first-order valence-corrected chi connectivity index (χ1v) is 7.18. The highest BCUT2D eigenvalue weighted by molar-refractivity contribution is 5.56. The third-order valence-corrected chi connectivity index (χ3v) is 3.90. The van der Waals surface area contributed by atoms with E-state index < -0.39 is 11.7 Å². The molecule has 0 radical (unpaired) electrons. The van der Waals surface area contributed by atoms with E-state index in [0.717, 1.165) is 23.7 Å². The number of para-hydroxylation sites is 1. The van der Waals surface area contributed by atoms with Crippen molar-refractivity contribution < 1.29 is 13.2 Å². The molecule has 5 heteroatoms. The highest BCUT2D eigenvalue weighted by Gasteiger charge is 2.30. The molecule has 0 saturated heterocycles. The zero-order chi connectivity index (χ0) is 15.7. The highest BCUT2D eigenvalue weighted by Crippen LogP contribution is 2.31. The van der Waals surface area contributed by atoms with E-state index in [-0.39, 0.29) is 6.04 Å². The van der Waals surface area contributed by atoms with Crippen LogP contribution < -0.4 is 10.6 Å². The smallest absolute Gasteiger partial charge is 0.365 e. The van der Waals surface area contributed by atoms with E-state index in [2.05, 4.69) is 4.90 Å². The van der Waals surface area contributed by atoms with Crippen molar-refractivity contribution in [3.05, 3.63) is 65.2 Å². The number of benzene rings is 2. The number of anilines is 1. The number of hydrogen-bond acceptors (Lipinski definition) is 2. The van der Waals surface area contributed by atoms with Crippen LogP contribution in [0.3, 0.4) is 0 Å². The van der Waals surface area contributed by atoms with Crippen LogP contribution in [-0.4, -0.2) is 12.6 Å². The third kappa shape index (κ3) is 3.09. The lowest BCUT2D eigenvalue weighted by Gasteiger charge is -2.34. The Balaban J connectivity index is 1.88. The van der Waals surface area contributed by atoms with Crippen molar-refractivity contribution >= 4 is 5.69 Å². The standard InChI is InChI=1S/C17H17F3N2/c18-17(19,20)14-6-3-4-12(8-14)10-22-11-15(21)9-13-5-1-2-7-16(13)22/h1-8,15H,9-11,21H2. The zero-order valence-electron chi connectivity index (χ0n) is 12.0. The van der Waals surface area contributed by atoms with Gasteiger partial charge in [-0.25, -0.2) is 0 Å². The average Bonchev–Trinajstić information content (AvgIpc) is 2.46. The second-order valence-electron chi connectivity index (χ2n) is 5.67. The molecule has 0 saturated carbocycles. The fraction of sp³-hybridized carbons (Fsp3) is 0.294. The van der Waals surface area contributed by atoms with E-state index in [0.29, 0.717) is 18.7 Å². The van der Waals surface area contributed by atoms with Crippen molar-refractivity contribution in [3.63, 3.8) is 0 Å². The first kappa shape index (κ1) is 14.9. The van der Waals surface area contributed by atoms with E-state index in [1.807, 2.05) is 24.3 Å². The van der Waals surface area contributed by atoms with Crippen molar-refractivity contribution in [3.8, 4) is 0 Å². The van der Waals surface area contributed by atoms with Gasteiger partial charge in [-0.05, 0) is 35.7 Å². The molecule has 0 aromatic heterocycles. The zero-order valence-corrected chi connectivity index (χ0v) is 12.0. The summed E-state index contributed by atoms with van der Waals surface area (Å²) in [6, 6.07) is 13.4. The van der Waals surface area contributed by atoms with E-state index in [4.69, 9.17) is 5.73 Å². The predicted octanol–water partition coefficient (Wildman–Crippen LogP) is 3.60. The van der Waals surface area contributed by atoms with Crippen LogP contribution in [0, 0.1) is 0 Å². The Bertz CT molecular complexity index is 667. The summed E-state index contributed by atoms with van der Waals surface area (Å²) in [4.78, 5) is 2.05. The SMILES string of the molecule is NC1Cc2ccccc2N(Cc2cccc(C(F)(F)F)c2)C1. The molecular weight excluding hydrogens is 289 g/mol. The molecule has 0 spiro atoms. The largest absolute Gasteiger partial charge is 0.416 e. The minimum atomic E-state index is -4.31. The lowest BCUT2D eigenvalue weighted by Crippen LogP contribution is -2.42. The molecule has 1 aliphatic rings. The van der Waals surface area contributed by atoms with Gasteiger partial charge in [0.25, 0.3) is 0 Å². The summed E-state index contributed by atoms with van der Waals surface area (Å²) in [6.45, 7) is 1.07. The number of fused-ring (bicyclic) bond motifs is 1. The maximum absolute atomic E-state index is 12.8. The van der Waals surface area contributed by atoms with Crippen LogP contribution in [0.4, 0.5) is 18.9 Å². The highest BCUT2D eigenvalue weighted by atomic mass is 19.4. The Morgan fingerprint density at radius 1 is 1.09 bits per heavy atom.